The van der Waals surface area contributed by atoms with Gasteiger partial charge < -0.3 is 21.7 Å². The quantitative estimate of drug-likeness (QED) is 0.591. The van der Waals surface area contributed by atoms with Crippen molar-refractivity contribution in [2.45, 2.75) is 50.6 Å². The predicted octanol–water partition coefficient (Wildman–Crippen LogP) is 0.397. The SMILES string of the molecule is NC(C(=O)O)C12CC3CC(C1)CC(C(N)C(=O)O)(C3)C2. The van der Waals surface area contributed by atoms with Crippen molar-refractivity contribution in [3.8, 4) is 0 Å². The fourth-order valence-corrected chi connectivity index (χ4v) is 5.66. The Morgan fingerprint density at radius 2 is 1.25 bits per heavy atom. The van der Waals surface area contributed by atoms with Crippen LogP contribution < -0.4 is 11.5 Å². The zero-order chi connectivity index (χ0) is 14.7. The molecule has 0 aliphatic heterocycles. The molecule has 2 atom stereocenters. The lowest BCUT2D eigenvalue weighted by atomic mass is 9.41. The molecule has 20 heavy (non-hydrogen) atoms. The summed E-state index contributed by atoms with van der Waals surface area (Å²) in [5.74, 6) is -1.20. The summed E-state index contributed by atoms with van der Waals surface area (Å²) >= 11 is 0. The minimum Gasteiger partial charge on any atom is -0.480 e. The topological polar surface area (TPSA) is 127 Å². The van der Waals surface area contributed by atoms with E-state index in [1.165, 1.54) is 0 Å². The Balaban J connectivity index is 1.97. The minimum atomic E-state index is -0.981. The summed E-state index contributed by atoms with van der Waals surface area (Å²) in [6, 6.07) is -1.82. The van der Waals surface area contributed by atoms with E-state index < -0.39 is 34.9 Å². The van der Waals surface area contributed by atoms with Crippen LogP contribution in [0.1, 0.15) is 38.5 Å². The molecule has 4 rings (SSSR count). The second kappa shape index (κ2) is 4.18. The van der Waals surface area contributed by atoms with Gasteiger partial charge >= 0.3 is 11.9 Å². The molecule has 6 heteroatoms. The first-order valence-electron chi connectivity index (χ1n) is 7.25. The first-order valence-corrected chi connectivity index (χ1v) is 7.25. The molecule has 0 radical (unpaired) electrons. The third kappa shape index (κ3) is 1.78. The lowest BCUT2D eigenvalue weighted by Gasteiger charge is -2.64. The summed E-state index contributed by atoms with van der Waals surface area (Å²) < 4.78 is 0. The number of nitrogens with two attached hydrogens (primary N) is 2. The van der Waals surface area contributed by atoms with Gasteiger partial charge in [0.25, 0.3) is 0 Å². The number of aliphatic carboxylic acids is 2. The van der Waals surface area contributed by atoms with E-state index in [4.69, 9.17) is 11.5 Å². The van der Waals surface area contributed by atoms with Gasteiger partial charge in [0.05, 0.1) is 0 Å². The summed E-state index contributed by atoms with van der Waals surface area (Å²) in [5, 5.41) is 18.6. The van der Waals surface area contributed by atoms with E-state index >= 15 is 0 Å². The van der Waals surface area contributed by atoms with E-state index in [-0.39, 0.29) is 0 Å². The molecule has 112 valence electrons. The van der Waals surface area contributed by atoms with E-state index in [0.29, 0.717) is 18.3 Å². The Bertz CT molecular complexity index is 412. The van der Waals surface area contributed by atoms with Gasteiger partial charge in [-0.1, -0.05) is 0 Å². The van der Waals surface area contributed by atoms with Crippen LogP contribution in [0.2, 0.25) is 0 Å². The fourth-order valence-electron chi connectivity index (χ4n) is 5.66. The van der Waals surface area contributed by atoms with Gasteiger partial charge in [0.2, 0.25) is 0 Å². The van der Waals surface area contributed by atoms with Crippen LogP contribution >= 0.6 is 0 Å². The molecule has 4 bridgehead atoms. The maximum Gasteiger partial charge on any atom is 0.321 e. The van der Waals surface area contributed by atoms with Gasteiger partial charge in [-0.15, -0.1) is 0 Å². The molecule has 0 saturated heterocycles. The zero-order valence-electron chi connectivity index (χ0n) is 11.4. The molecule has 0 aromatic carbocycles. The second-order valence-corrected chi connectivity index (χ2v) is 7.32. The Labute approximate surface area is 117 Å². The van der Waals surface area contributed by atoms with Crippen molar-refractivity contribution in [1.29, 1.82) is 0 Å². The Morgan fingerprint density at radius 3 is 1.55 bits per heavy atom. The third-order valence-electron chi connectivity index (χ3n) is 6.00. The molecule has 2 unspecified atom stereocenters. The molecular weight excluding hydrogens is 260 g/mol. The molecule has 0 spiro atoms. The maximum atomic E-state index is 11.4. The van der Waals surface area contributed by atoms with Crippen LogP contribution in [0, 0.1) is 22.7 Å². The van der Waals surface area contributed by atoms with E-state index in [1.54, 1.807) is 0 Å². The van der Waals surface area contributed by atoms with Crippen LogP contribution in [0.15, 0.2) is 0 Å². The molecule has 0 heterocycles. The summed E-state index contributed by atoms with van der Waals surface area (Å²) in [6.07, 6.45) is 4.86. The van der Waals surface area contributed by atoms with E-state index in [2.05, 4.69) is 0 Å². The van der Waals surface area contributed by atoms with Crippen molar-refractivity contribution in [2.24, 2.45) is 34.1 Å². The van der Waals surface area contributed by atoms with Crippen LogP contribution in [0.25, 0.3) is 0 Å². The van der Waals surface area contributed by atoms with Gasteiger partial charge in [-0.3, -0.25) is 9.59 Å². The maximum absolute atomic E-state index is 11.4. The van der Waals surface area contributed by atoms with Crippen molar-refractivity contribution in [3.05, 3.63) is 0 Å². The second-order valence-electron chi connectivity index (χ2n) is 7.32. The van der Waals surface area contributed by atoms with Crippen molar-refractivity contribution in [2.75, 3.05) is 0 Å². The number of carbonyl (C=O) groups is 2. The predicted molar refractivity (Wildman–Crippen MR) is 70.8 cm³/mol. The average molecular weight is 282 g/mol. The Kier molecular flexibility index (Phi) is 2.89. The van der Waals surface area contributed by atoms with E-state index in [9.17, 15) is 19.8 Å². The fraction of sp³-hybridized carbons (Fsp3) is 0.857. The summed E-state index contributed by atoms with van der Waals surface area (Å²) in [7, 11) is 0. The molecule has 0 aromatic heterocycles. The number of rotatable bonds is 4. The lowest BCUT2D eigenvalue weighted by Crippen LogP contribution is -2.65. The van der Waals surface area contributed by atoms with Crippen LogP contribution in [0.3, 0.4) is 0 Å². The monoisotopic (exact) mass is 282 g/mol. The highest BCUT2D eigenvalue weighted by molar-refractivity contribution is 5.76. The number of carboxylic acids is 2. The largest absolute Gasteiger partial charge is 0.480 e. The van der Waals surface area contributed by atoms with Crippen molar-refractivity contribution in [1.82, 2.24) is 0 Å². The standard InChI is InChI=1S/C14H22N2O4/c15-9(11(17)18)13-2-7-1-8(4-13)5-14(3-7,6-13)10(16)12(19)20/h7-10H,1-6,15-16H2,(H,17,18)(H,19,20). The summed E-state index contributed by atoms with van der Waals surface area (Å²) in [6.45, 7) is 0. The van der Waals surface area contributed by atoms with E-state index in [0.717, 1.165) is 32.1 Å². The smallest absolute Gasteiger partial charge is 0.321 e. The van der Waals surface area contributed by atoms with Crippen molar-refractivity contribution < 1.29 is 19.8 Å². The van der Waals surface area contributed by atoms with Gasteiger partial charge in [0.15, 0.2) is 0 Å². The molecule has 6 N–H and O–H groups in total. The number of carboxylic acid groups (broad SMARTS) is 2. The first-order chi connectivity index (χ1) is 9.28. The molecule has 0 aromatic rings. The van der Waals surface area contributed by atoms with E-state index in [1.807, 2.05) is 0 Å². The van der Waals surface area contributed by atoms with Crippen LogP contribution in [0.4, 0.5) is 0 Å². The zero-order valence-corrected chi connectivity index (χ0v) is 11.4. The van der Waals surface area contributed by atoms with Crippen LogP contribution in [0.5, 0.6) is 0 Å². The highest BCUT2D eigenvalue weighted by Crippen LogP contribution is 2.66. The molecule has 4 fully saturated rings. The minimum absolute atomic E-state index is 0.382. The van der Waals surface area contributed by atoms with Gasteiger partial charge in [0.1, 0.15) is 12.1 Å². The number of hydrogen-bond donors (Lipinski definition) is 4. The van der Waals surface area contributed by atoms with Gasteiger partial charge in [0, 0.05) is 0 Å². The molecule has 0 amide bonds. The average Bonchev–Trinajstić information content (AvgIpc) is 2.35. The molecule has 4 aliphatic rings. The Hall–Kier alpha value is -1.14. The Morgan fingerprint density at radius 1 is 0.900 bits per heavy atom. The van der Waals surface area contributed by atoms with Gasteiger partial charge in [-0.25, -0.2) is 0 Å². The number of hydrogen-bond acceptors (Lipinski definition) is 4. The highest BCUT2D eigenvalue weighted by atomic mass is 16.4. The first kappa shape index (κ1) is 13.8. The van der Waals surface area contributed by atoms with Crippen molar-refractivity contribution in [3.63, 3.8) is 0 Å². The summed E-state index contributed by atoms with van der Waals surface area (Å²) in [5.41, 5.74) is 11.0. The molecule has 6 nitrogen and oxygen atoms in total. The van der Waals surface area contributed by atoms with Crippen LogP contribution in [-0.2, 0) is 9.59 Å². The normalized spacial score (nSPS) is 45.1. The third-order valence-corrected chi connectivity index (χ3v) is 6.00. The lowest BCUT2D eigenvalue weighted by molar-refractivity contribution is -0.167. The van der Waals surface area contributed by atoms with Crippen molar-refractivity contribution >= 4 is 11.9 Å². The highest BCUT2D eigenvalue weighted by Gasteiger charge is 2.63. The van der Waals surface area contributed by atoms with Gasteiger partial charge in [-0.05, 0) is 61.2 Å². The molecule has 4 saturated carbocycles. The summed E-state index contributed by atoms with van der Waals surface area (Å²) in [4.78, 5) is 22.7. The van der Waals surface area contributed by atoms with Gasteiger partial charge in [-0.2, -0.15) is 0 Å². The van der Waals surface area contributed by atoms with Crippen LogP contribution in [-0.4, -0.2) is 34.2 Å². The molecule has 4 aliphatic carbocycles. The molecular formula is C14H22N2O4.